The number of nitrogens with zero attached hydrogens (tertiary/aromatic N) is 1. The number of rotatable bonds is 3. The second-order valence-corrected chi connectivity index (χ2v) is 5.27. The van der Waals surface area contributed by atoms with E-state index in [0.717, 1.165) is 18.7 Å². The van der Waals surface area contributed by atoms with Crippen molar-refractivity contribution in [1.29, 1.82) is 0 Å². The molecule has 1 saturated heterocycles. The predicted molar refractivity (Wildman–Crippen MR) is 78.2 cm³/mol. The normalized spacial score (nSPS) is 15.2. The van der Waals surface area contributed by atoms with Gasteiger partial charge in [-0.15, -0.1) is 0 Å². The summed E-state index contributed by atoms with van der Waals surface area (Å²) in [6.45, 7) is 8.99. The first kappa shape index (κ1) is 16.1. The molecular weight excluding hydrogens is 241 g/mol. The van der Waals surface area contributed by atoms with Crippen molar-refractivity contribution in [2.45, 2.75) is 40.2 Å². The van der Waals surface area contributed by atoms with Crippen LogP contribution in [0, 0.1) is 20.8 Å². The van der Waals surface area contributed by atoms with Gasteiger partial charge in [0, 0.05) is 6.54 Å². The molecule has 2 nitrogen and oxygen atoms in total. The van der Waals surface area contributed by atoms with Crippen LogP contribution in [-0.4, -0.2) is 36.3 Å². The third-order valence-corrected chi connectivity index (χ3v) is 3.60. The number of benzene rings is 1. The van der Waals surface area contributed by atoms with Crippen molar-refractivity contribution >= 4 is 0 Å². The van der Waals surface area contributed by atoms with Gasteiger partial charge >= 0.3 is 0 Å². The quantitative estimate of drug-likeness (QED) is 0.909. The molecule has 3 heteroatoms. The first-order chi connectivity index (χ1) is 9.08. The summed E-state index contributed by atoms with van der Waals surface area (Å²) in [5.41, 5.74) is 4.70. The van der Waals surface area contributed by atoms with E-state index >= 15 is 0 Å². The van der Waals surface area contributed by atoms with Crippen LogP contribution in [-0.2, 0) is 6.61 Å². The lowest BCUT2D eigenvalue weighted by Gasteiger charge is -2.09. The van der Waals surface area contributed by atoms with E-state index in [1.807, 2.05) is 13.8 Å². The van der Waals surface area contributed by atoms with Crippen molar-refractivity contribution in [3.05, 3.63) is 34.4 Å². The van der Waals surface area contributed by atoms with Crippen LogP contribution in [0.2, 0.25) is 0 Å². The molecule has 0 unspecified atom stereocenters. The molecule has 0 spiro atoms. The van der Waals surface area contributed by atoms with Gasteiger partial charge < -0.3 is 10.0 Å². The predicted octanol–water partition coefficient (Wildman–Crippen LogP) is 3.16. The van der Waals surface area contributed by atoms with Crippen LogP contribution in [0.25, 0.3) is 0 Å². The summed E-state index contributed by atoms with van der Waals surface area (Å²) in [7, 11) is 0. The third-order valence-electron chi connectivity index (χ3n) is 3.60. The van der Waals surface area contributed by atoms with Crippen LogP contribution < -0.4 is 0 Å². The highest BCUT2D eigenvalue weighted by molar-refractivity contribution is 5.36. The lowest BCUT2D eigenvalue weighted by atomic mass is 10.0. The Kier molecular flexibility index (Phi) is 7.03. The number of halogens is 1. The van der Waals surface area contributed by atoms with Crippen molar-refractivity contribution < 1.29 is 9.50 Å². The summed E-state index contributed by atoms with van der Waals surface area (Å²) in [4.78, 5) is 2.17. The molecule has 1 aliphatic rings. The van der Waals surface area contributed by atoms with Gasteiger partial charge in [-0.05, 0) is 63.4 Å². The first-order valence-corrected chi connectivity index (χ1v) is 7.04. The zero-order valence-corrected chi connectivity index (χ0v) is 12.4. The van der Waals surface area contributed by atoms with E-state index in [9.17, 15) is 4.39 Å². The molecule has 0 saturated carbocycles. The Morgan fingerprint density at radius 2 is 1.63 bits per heavy atom. The Morgan fingerprint density at radius 1 is 1.11 bits per heavy atom. The SMILES string of the molecule is Cc1cc(C)c(CO)c(C)c1.FCCN1CCCC1. The second-order valence-electron chi connectivity index (χ2n) is 5.27. The fourth-order valence-corrected chi connectivity index (χ4v) is 2.59. The molecule has 0 bridgehead atoms. The van der Waals surface area contributed by atoms with Gasteiger partial charge in [-0.2, -0.15) is 0 Å². The molecule has 0 amide bonds. The van der Waals surface area contributed by atoms with E-state index in [0.29, 0.717) is 6.54 Å². The number of hydrogen-bond acceptors (Lipinski definition) is 2. The van der Waals surface area contributed by atoms with Gasteiger partial charge in [0.15, 0.2) is 0 Å². The van der Waals surface area contributed by atoms with Crippen LogP contribution in [0.3, 0.4) is 0 Å². The lowest BCUT2D eigenvalue weighted by molar-refractivity contribution is 0.280. The minimum absolute atomic E-state index is 0.151. The average molecular weight is 267 g/mol. The van der Waals surface area contributed by atoms with Crippen LogP contribution in [0.5, 0.6) is 0 Å². The van der Waals surface area contributed by atoms with E-state index in [2.05, 4.69) is 24.0 Å². The topological polar surface area (TPSA) is 23.5 Å². The van der Waals surface area contributed by atoms with Crippen molar-refractivity contribution in [2.24, 2.45) is 0 Å². The summed E-state index contributed by atoms with van der Waals surface area (Å²) in [5, 5.41) is 8.99. The molecule has 1 aromatic rings. The van der Waals surface area contributed by atoms with Crippen LogP contribution in [0.15, 0.2) is 12.1 Å². The standard InChI is InChI=1S/C10H14O.C6H12FN/c1-7-4-8(2)10(6-11)9(3)5-7;7-3-6-8-4-1-2-5-8/h4-5,11H,6H2,1-3H3;1-6H2. The molecule has 1 aromatic carbocycles. The summed E-state index contributed by atoms with van der Waals surface area (Å²) < 4.78 is 11.6. The highest BCUT2D eigenvalue weighted by atomic mass is 19.1. The molecule has 2 rings (SSSR count). The molecule has 19 heavy (non-hydrogen) atoms. The van der Waals surface area contributed by atoms with Gasteiger partial charge in [-0.1, -0.05) is 17.7 Å². The van der Waals surface area contributed by atoms with E-state index in [1.54, 1.807) is 0 Å². The molecular formula is C16H26FNO. The summed E-state index contributed by atoms with van der Waals surface area (Å²) in [5.74, 6) is 0. The maximum absolute atomic E-state index is 11.6. The summed E-state index contributed by atoms with van der Waals surface area (Å²) >= 11 is 0. The average Bonchev–Trinajstić information content (AvgIpc) is 2.82. The van der Waals surface area contributed by atoms with Gasteiger partial charge in [0.25, 0.3) is 0 Å². The second kappa shape index (κ2) is 8.28. The fourth-order valence-electron chi connectivity index (χ4n) is 2.59. The number of alkyl halides is 1. The maximum Gasteiger partial charge on any atom is 0.102 e. The zero-order valence-electron chi connectivity index (χ0n) is 12.4. The molecule has 1 N–H and O–H groups in total. The van der Waals surface area contributed by atoms with Gasteiger partial charge in [0.1, 0.15) is 6.67 Å². The van der Waals surface area contributed by atoms with Crippen molar-refractivity contribution in [3.63, 3.8) is 0 Å². The molecule has 108 valence electrons. The molecule has 0 atom stereocenters. The van der Waals surface area contributed by atoms with Crippen molar-refractivity contribution in [1.82, 2.24) is 4.90 Å². The smallest absolute Gasteiger partial charge is 0.102 e. The monoisotopic (exact) mass is 267 g/mol. The molecule has 1 heterocycles. The van der Waals surface area contributed by atoms with Gasteiger partial charge in [0.2, 0.25) is 0 Å². The zero-order chi connectivity index (χ0) is 14.3. The Hall–Kier alpha value is -0.930. The number of aliphatic hydroxyl groups excluding tert-OH is 1. The molecule has 1 aliphatic heterocycles. The van der Waals surface area contributed by atoms with Gasteiger partial charge in [0.05, 0.1) is 6.61 Å². The lowest BCUT2D eigenvalue weighted by Crippen LogP contribution is -2.21. The highest BCUT2D eigenvalue weighted by Gasteiger charge is 2.09. The van der Waals surface area contributed by atoms with Crippen LogP contribution in [0.4, 0.5) is 4.39 Å². The van der Waals surface area contributed by atoms with E-state index in [1.165, 1.54) is 29.5 Å². The molecule has 0 radical (unpaired) electrons. The summed E-state index contributed by atoms with van der Waals surface area (Å²) in [6, 6.07) is 4.19. The van der Waals surface area contributed by atoms with Crippen molar-refractivity contribution in [2.75, 3.05) is 26.3 Å². The van der Waals surface area contributed by atoms with E-state index in [-0.39, 0.29) is 13.3 Å². The molecule has 1 fully saturated rings. The maximum atomic E-state index is 11.6. The highest BCUT2D eigenvalue weighted by Crippen LogP contribution is 2.15. The largest absolute Gasteiger partial charge is 0.392 e. The van der Waals surface area contributed by atoms with E-state index in [4.69, 9.17) is 5.11 Å². The van der Waals surface area contributed by atoms with Crippen LogP contribution in [0.1, 0.15) is 35.1 Å². The van der Waals surface area contributed by atoms with Crippen molar-refractivity contribution in [3.8, 4) is 0 Å². The van der Waals surface area contributed by atoms with E-state index < -0.39 is 0 Å². The van der Waals surface area contributed by atoms with Gasteiger partial charge in [-0.3, -0.25) is 0 Å². The number of likely N-dealkylation sites (tertiary alicyclic amines) is 1. The molecule has 0 aliphatic carbocycles. The first-order valence-electron chi connectivity index (χ1n) is 7.04. The number of aryl methyl sites for hydroxylation is 3. The third kappa shape index (κ3) is 5.29. The molecule has 0 aromatic heterocycles. The van der Waals surface area contributed by atoms with Gasteiger partial charge in [-0.25, -0.2) is 4.39 Å². The Bertz CT molecular complexity index is 363. The minimum atomic E-state index is -0.181. The Labute approximate surface area is 116 Å². The number of aliphatic hydroxyl groups is 1. The van der Waals surface area contributed by atoms with Crippen LogP contribution >= 0.6 is 0 Å². The number of hydrogen-bond donors (Lipinski definition) is 1. The minimum Gasteiger partial charge on any atom is -0.392 e. The summed E-state index contributed by atoms with van der Waals surface area (Å²) in [6.07, 6.45) is 2.53. The fraction of sp³-hybridized carbons (Fsp3) is 0.625. The Balaban J connectivity index is 0.000000200. The Morgan fingerprint density at radius 3 is 2.05 bits per heavy atom.